The van der Waals surface area contributed by atoms with Gasteiger partial charge in [-0.2, -0.15) is 119 Å². The van der Waals surface area contributed by atoms with E-state index in [2.05, 4.69) is 97.1 Å². The molecular weight excluding hydrogens is 352 g/mol. The third-order valence-electron chi connectivity index (χ3n) is 3.32. The van der Waals surface area contributed by atoms with Gasteiger partial charge in [-0.05, 0) is 0 Å². The smallest absolute Gasteiger partial charge is 0 e. The predicted octanol–water partition coefficient (Wildman–Crippen LogP) is 5.58. The SMILES string of the molecule is [Fe].[Fe].c1cc[c-](-[c-]2cccc2)c1.c1cc[c-](-[c-]2cccc2)c1. The molecule has 0 aliphatic heterocycles. The van der Waals surface area contributed by atoms with Crippen LogP contribution in [0.1, 0.15) is 0 Å². The Labute approximate surface area is 153 Å². The fraction of sp³-hybridized carbons (Fsp3) is 0. The molecule has 0 atom stereocenters. The minimum Gasteiger partial charge on any atom is -0.198 e. The maximum atomic E-state index is 2.12. The molecule has 0 saturated carbocycles. The molecule has 0 fully saturated rings. The van der Waals surface area contributed by atoms with Gasteiger partial charge in [-0.25, -0.2) is 0 Å². The first kappa shape index (κ1) is 18.5. The molecule has 0 N–H and O–H groups in total. The van der Waals surface area contributed by atoms with E-state index < -0.39 is 0 Å². The Bertz CT molecular complexity index is 553. The molecule has 22 heavy (non-hydrogen) atoms. The number of hydrogen-bond donors (Lipinski definition) is 0. The molecule has 0 aliphatic carbocycles. The maximum Gasteiger partial charge on any atom is 0 e. The van der Waals surface area contributed by atoms with Crippen LogP contribution in [0.15, 0.2) is 97.1 Å². The molecule has 116 valence electrons. The van der Waals surface area contributed by atoms with Gasteiger partial charge in [-0.1, -0.05) is 0 Å². The first-order chi connectivity index (χ1) is 9.93. The first-order valence-corrected chi connectivity index (χ1v) is 6.81. The summed E-state index contributed by atoms with van der Waals surface area (Å²) in [5.41, 5.74) is 5.24. The predicted molar refractivity (Wildman–Crippen MR) is 86.1 cm³/mol. The van der Waals surface area contributed by atoms with Gasteiger partial charge >= 0.3 is 0 Å². The Hall–Kier alpha value is -1.56. The molecule has 0 aromatic heterocycles. The van der Waals surface area contributed by atoms with Crippen molar-refractivity contribution in [1.29, 1.82) is 0 Å². The topological polar surface area (TPSA) is 0 Å². The quantitative estimate of drug-likeness (QED) is 0.320. The zero-order valence-corrected chi connectivity index (χ0v) is 14.2. The molecule has 0 amide bonds. The molecule has 4 aromatic rings. The van der Waals surface area contributed by atoms with E-state index in [1.54, 1.807) is 0 Å². The summed E-state index contributed by atoms with van der Waals surface area (Å²) in [6.07, 6.45) is 0. The van der Waals surface area contributed by atoms with Gasteiger partial charge in [0, 0.05) is 34.1 Å². The molecule has 0 aliphatic rings. The van der Waals surface area contributed by atoms with E-state index in [1.807, 2.05) is 0 Å². The van der Waals surface area contributed by atoms with Crippen molar-refractivity contribution in [1.82, 2.24) is 0 Å². The molecule has 2 heteroatoms. The number of rotatable bonds is 2. The van der Waals surface area contributed by atoms with E-state index in [-0.39, 0.29) is 34.1 Å². The fourth-order valence-electron chi connectivity index (χ4n) is 2.27. The molecule has 0 bridgehead atoms. The van der Waals surface area contributed by atoms with Gasteiger partial charge in [-0.3, -0.25) is 0 Å². The van der Waals surface area contributed by atoms with Gasteiger partial charge in [0.15, 0.2) is 0 Å². The summed E-state index contributed by atoms with van der Waals surface area (Å²) in [4.78, 5) is 0. The molecule has 0 nitrogen and oxygen atoms in total. The van der Waals surface area contributed by atoms with Crippen LogP contribution in [0.3, 0.4) is 0 Å². The van der Waals surface area contributed by atoms with Gasteiger partial charge in [0.25, 0.3) is 0 Å². The van der Waals surface area contributed by atoms with E-state index in [4.69, 9.17) is 0 Å². The average molecular weight is 368 g/mol. The second-order valence-corrected chi connectivity index (χ2v) is 4.69. The molecule has 0 unspecified atom stereocenters. The summed E-state index contributed by atoms with van der Waals surface area (Å²) in [7, 11) is 0. The van der Waals surface area contributed by atoms with Crippen molar-refractivity contribution in [3.05, 3.63) is 97.1 Å². The Morgan fingerprint density at radius 1 is 0.273 bits per heavy atom. The van der Waals surface area contributed by atoms with Crippen LogP contribution in [0.25, 0.3) is 22.3 Å². The van der Waals surface area contributed by atoms with Crippen LogP contribution in [0.4, 0.5) is 0 Å². The Morgan fingerprint density at radius 3 is 0.545 bits per heavy atom. The summed E-state index contributed by atoms with van der Waals surface area (Å²) >= 11 is 0. The second-order valence-electron chi connectivity index (χ2n) is 4.69. The van der Waals surface area contributed by atoms with Crippen LogP contribution in [0.5, 0.6) is 0 Å². The fourth-order valence-corrected chi connectivity index (χ4v) is 2.27. The van der Waals surface area contributed by atoms with Crippen molar-refractivity contribution in [2.75, 3.05) is 0 Å². The Balaban J connectivity index is 0.000000202. The third-order valence-corrected chi connectivity index (χ3v) is 3.32. The molecule has 0 heterocycles. The molecular formula is C20H16Fe2-4. The largest absolute Gasteiger partial charge is 0.198 e. The van der Waals surface area contributed by atoms with Gasteiger partial charge in [0.1, 0.15) is 0 Å². The molecule has 0 radical (unpaired) electrons. The van der Waals surface area contributed by atoms with Gasteiger partial charge in [-0.15, -0.1) is 0 Å². The van der Waals surface area contributed by atoms with Gasteiger partial charge in [0.05, 0.1) is 0 Å². The monoisotopic (exact) mass is 368 g/mol. The van der Waals surface area contributed by atoms with Crippen molar-refractivity contribution >= 4 is 0 Å². The van der Waals surface area contributed by atoms with Gasteiger partial charge in [0.2, 0.25) is 0 Å². The van der Waals surface area contributed by atoms with Crippen LogP contribution in [-0.4, -0.2) is 0 Å². The first-order valence-electron chi connectivity index (χ1n) is 6.81. The van der Waals surface area contributed by atoms with E-state index in [0.717, 1.165) is 0 Å². The summed E-state index contributed by atoms with van der Waals surface area (Å²) in [6.45, 7) is 0. The second kappa shape index (κ2) is 9.45. The maximum absolute atomic E-state index is 2.12. The van der Waals surface area contributed by atoms with Crippen molar-refractivity contribution in [3.63, 3.8) is 0 Å². The van der Waals surface area contributed by atoms with E-state index in [1.165, 1.54) is 22.3 Å². The third kappa shape index (κ3) is 4.73. The van der Waals surface area contributed by atoms with E-state index >= 15 is 0 Å². The molecule has 4 rings (SSSR count). The minimum atomic E-state index is 0. The Kier molecular flexibility index (Phi) is 7.95. The zero-order valence-electron chi connectivity index (χ0n) is 11.9. The van der Waals surface area contributed by atoms with Crippen molar-refractivity contribution in [2.24, 2.45) is 0 Å². The van der Waals surface area contributed by atoms with E-state index in [0.29, 0.717) is 0 Å². The van der Waals surface area contributed by atoms with E-state index in [9.17, 15) is 0 Å². The molecule has 4 aromatic carbocycles. The summed E-state index contributed by atoms with van der Waals surface area (Å²) in [5, 5.41) is 0. The van der Waals surface area contributed by atoms with Crippen molar-refractivity contribution in [3.8, 4) is 22.3 Å². The van der Waals surface area contributed by atoms with Crippen LogP contribution >= 0.6 is 0 Å². The summed E-state index contributed by atoms with van der Waals surface area (Å²) < 4.78 is 0. The van der Waals surface area contributed by atoms with Crippen molar-refractivity contribution < 1.29 is 34.1 Å². The summed E-state index contributed by atoms with van der Waals surface area (Å²) in [5.74, 6) is 0. The minimum absolute atomic E-state index is 0. The van der Waals surface area contributed by atoms with Crippen molar-refractivity contribution in [2.45, 2.75) is 0 Å². The van der Waals surface area contributed by atoms with Crippen LogP contribution in [0, 0.1) is 0 Å². The molecule has 0 spiro atoms. The zero-order chi connectivity index (χ0) is 13.6. The standard InChI is InChI=1S/2C10H8.2Fe/c2*1-2-6-9(5-1)10-7-3-4-8-10;;/h2*1-8H;;/q2*-2;;. The molecule has 0 saturated heterocycles. The van der Waals surface area contributed by atoms with Crippen LogP contribution in [-0.2, 0) is 34.1 Å². The van der Waals surface area contributed by atoms with Crippen LogP contribution in [0.2, 0.25) is 0 Å². The average Bonchev–Trinajstić information content (AvgIpc) is 3.29. The summed E-state index contributed by atoms with van der Waals surface area (Å²) in [6, 6.07) is 33.4. The normalized spacial score (nSPS) is 9.09. The van der Waals surface area contributed by atoms with Crippen LogP contribution < -0.4 is 0 Å². The number of hydrogen-bond acceptors (Lipinski definition) is 0. The van der Waals surface area contributed by atoms with Gasteiger partial charge < -0.3 is 0 Å². The Morgan fingerprint density at radius 2 is 0.409 bits per heavy atom.